The monoisotopic (exact) mass is 489 g/mol. The molecule has 1 aliphatic heterocycles. The third kappa shape index (κ3) is 6.16. The molecule has 0 amide bonds. The van der Waals surface area contributed by atoms with Crippen molar-refractivity contribution in [2.75, 3.05) is 13.1 Å². The molecule has 0 saturated carbocycles. The van der Waals surface area contributed by atoms with Crippen LogP contribution in [-0.4, -0.2) is 34.6 Å². The molecular formula is C25H26F3N3O2S. The average molecular weight is 490 g/mol. The molecule has 0 spiro atoms. The van der Waals surface area contributed by atoms with E-state index >= 15 is 0 Å². The second kappa shape index (κ2) is 10.2. The maximum absolute atomic E-state index is 13.1. The van der Waals surface area contributed by atoms with Crippen molar-refractivity contribution < 1.29 is 22.1 Å². The number of halogens is 3. The summed E-state index contributed by atoms with van der Waals surface area (Å²) in [4.78, 5) is 2.43. The molecule has 0 radical (unpaired) electrons. The summed E-state index contributed by atoms with van der Waals surface area (Å²) in [7, 11) is -3.41. The normalized spacial score (nSPS) is 19.0. The fourth-order valence-corrected chi connectivity index (χ4v) is 5.67. The van der Waals surface area contributed by atoms with Crippen LogP contribution in [0.15, 0.2) is 89.8 Å². The van der Waals surface area contributed by atoms with E-state index in [4.69, 9.17) is 4.78 Å². The first-order chi connectivity index (χ1) is 16.2. The van der Waals surface area contributed by atoms with Crippen molar-refractivity contribution in [1.29, 1.82) is 4.78 Å². The van der Waals surface area contributed by atoms with Gasteiger partial charge in [-0.05, 0) is 54.8 Å². The van der Waals surface area contributed by atoms with E-state index in [0.29, 0.717) is 6.54 Å². The van der Waals surface area contributed by atoms with Gasteiger partial charge < -0.3 is 4.74 Å². The van der Waals surface area contributed by atoms with E-state index in [-0.39, 0.29) is 17.0 Å². The lowest BCUT2D eigenvalue weighted by Crippen LogP contribution is -2.48. The number of piperidine rings is 1. The number of alkyl halides is 3. The molecule has 5 nitrogen and oxygen atoms in total. The first kappa shape index (κ1) is 24.3. The zero-order valence-corrected chi connectivity index (χ0v) is 19.2. The Bertz CT molecular complexity index is 1130. The van der Waals surface area contributed by atoms with E-state index in [1.807, 2.05) is 36.4 Å². The Morgan fingerprint density at radius 1 is 0.941 bits per heavy atom. The zero-order chi connectivity index (χ0) is 24.2. The topological polar surface area (TPSA) is 65.4 Å². The maximum atomic E-state index is 13.1. The van der Waals surface area contributed by atoms with Gasteiger partial charge in [0.25, 0.3) is 0 Å². The lowest BCUT2D eigenvalue weighted by Gasteiger charge is -2.39. The minimum atomic E-state index is -4.80. The number of ether oxygens (including phenoxy) is 1. The zero-order valence-electron chi connectivity index (χ0n) is 18.4. The summed E-state index contributed by atoms with van der Waals surface area (Å²) in [5.74, 6) is -0.413. The third-order valence-electron chi connectivity index (χ3n) is 5.77. The van der Waals surface area contributed by atoms with Gasteiger partial charge in [-0.15, -0.1) is 13.2 Å². The number of hydrogen-bond acceptors (Lipinski definition) is 4. The summed E-state index contributed by atoms with van der Waals surface area (Å²) in [6.45, 7) is 1.44. The molecule has 180 valence electrons. The summed E-state index contributed by atoms with van der Waals surface area (Å²) >= 11 is 0. The standard InChI is InChI=1S/C25H26F3N3O2S/c26-25(27,28)33-22-13-15-23(16-14-22)34(29,32)30-21-12-7-17-31(18-21)24(19-8-3-1-4-9-19)20-10-5-2-6-11-20/h1-6,8-11,13-16,21,24H,7,12,17-18H2,(H2,29,30,32). The number of nitrogens with zero attached hydrogens (tertiary/aromatic N) is 1. The Kier molecular flexibility index (Phi) is 7.25. The molecule has 3 aromatic rings. The van der Waals surface area contributed by atoms with Gasteiger partial charge in [0.1, 0.15) is 15.7 Å². The molecule has 2 N–H and O–H groups in total. The fraction of sp³-hybridized carbons (Fsp3) is 0.280. The molecule has 2 atom stereocenters. The summed E-state index contributed by atoms with van der Waals surface area (Å²) in [5, 5.41) is 0. The number of nitrogens with one attached hydrogen (secondary N) is 2. The Hall–Kier alpha value is -2.88. The molecule has 4 rings (SSSR count). The molecule has 1 saturated heterocycles. The highest BCUT2D eigenvalue weighted by atomic mass is 32.2. The van der Waals surface area contributed by atoms with Gasteiger partial charge in [0.2, 0.25) is 0 Å². The van der Waals surface area contributed by atoms with Gasteiger partial charge in [-0.1, -0.05) is 60.7 Å². The van der Waals surface area contributed by atoms with E-state index in [2.05, 4.69) is 38.6 Å². The average Bonchev–Trinajstić information content (AvgIpc) is 2.80. The van der Waals surface area contributed by atoms with Gasteiger partial charge in [0.05, 0.1) is 10.9 Å². The summed E-state index contributed by atoms with van der Waals surface area (Å²) in [6.07, 6.45) is -3.19. The van der Waals surface area contributed by atoms with Crippen molar-refractivity contribution in [1.82, 2.24) is 9.62 Å². The van der Waals surface area contributed by atoms with Gasteiger partial charge in [-0.25, -0.2) is 13.7 Å². The van der Waals surface area contributed by atoms with Gasteiger partial charge >= 0.3 is 6.36 Å². The van der Waals surface area contributed by atoms with E-state index < -0.39 is 22.0 Å². The first-order valence-corrected chi connectivity index (χ1v) is 12.5. The van der Waals surface area contributed by atoms with Crippen LogP contribution in [0.25, 0.3) is 0 Å². The predicted molar refractivity (Wildman–Crippen MR) is 125 cm³/mol. The lowest BCUT2D eigenvalue weighted by molar-refractivity contribution is -0.274. The van der Waals surface area contributed by atoms with Crippen LogP contribution >= 0.6 is 0 Å². The molecule has 9 heteroatoms. The van der Waals surface area contributed by atoms with Crippen molar-refractivity contribution in [3.63, 3.8) is 0 Å². The van der Waals surface area contributed by atoms with Crippen LogP contribution in [0.3, 0.4) is 0 Å². The number of likely N-dealkylation sites (tertiary alicyclic amines) is 1. The Morgan fingerprint density at radius 3 is 2.03 bits per heavy atom. The van der Waals surface area contributed by atoms with Crippen molar-refractivity contribution in [2.45, 2.75) is 36.2 Å². The maximum Gasteiger partial charge on any atom is 0.573 e. The smallest absolute Gasteiger partial charge is 0.406 e. The van der Waals surface area contributed by atoms with Crippen LogP contribution in [-0.2, 0) is 9.92 Å². The molecule has 1 fully saturated rings. The minimum absolute atomic E-state index is 0.0209. The van der Waals surface area contributed by atoms with E-state index in [1.165, 1.54) is 12.1 Å². The van der Waals surface area contributed by atoms with Crippen LogP contribution < -0.4 is 9.46 Å². The molecule has 0 aromatic heterocycles. The van der Waals surface area contributed by atoms with E-state index in [1.54, 1.807) is 0 Å². The molecule has 2 unspecified atom stereocenters. The van der Waals surface area contributed by atoms with Crippen molar-refractivity contribution >= 4 is 9.92 Å². The second-order valence-electron chi connectivity index (χ2n) is 8.25. The molecule has 0 aliphatic carbocycles. The summed E-state index contributed by atoms with van der Waals surface area (Å²) < 4.78 is 65.6. The first-order valence-electron chi connectivity index (χ1n) is 11.0. The number of rotatable bonds is 7. The van der Waals surface area contributed by atoms with Crippen LogP contribution in [0, 0.1) is 4.78 Å². The Morgan fingerprint density at radius 2 is 1.50 bits per heavy atom. The van der Waals surface area contributed by atoms with Crippen molar-refractivity contribution in [3.8, 4) is 5.75 Å². The highest BCUT2D eigenvalue weighted by Crippen LogP contribution is 2.31. The Labute approximate surface area is 197 Å². The van der Waals surface area contributed by atoms with Crippen LogP contribution in [0.4, 0.5) is 13.2 Å². The summed E-state index contributed by atoms with van der Waals surface area (Å²) in [5.41, 5.74) is 2.31. The molecule has 3 aromatic carbocycles. The highest BCUT2D eigenvalue weighted by Gasteiger charge is 2.32. The molecule has 1 aliphatic rings. The van der Waals surface area contributed by atoms with Crippen LogP contribution in [0.5, 0.6) is 5.75 Å². The SMILES string of the molecule is N=S(=O)(NC1CCCN(C(c2ccccc2)c2ccccc2)C1)c1ccc(OC(F)(F)F)cc1. The van der Waals surface area contributed by atoms with Crippen LogP contribution in [0.2, 0.25) is 0 Å². The minimum Gasteiger partial charge on any atom is -0.406 e. The lowest BCUT2D eigenvalue weighted by atomic mass is 9.94. The van der Waals surface area contributed by atoms with Crippen molar-refractivity contribution in [3.05, 3.63) is 96.1 Å². The van der Waals surface area contributed by atoms with Gasteiger partial charge in [-0.3, -0.25) is 4.90 Å². The summed E-state index contributed by atoms with van der Waals surface area (Å²) in [6, 6.07) is 24.8. The quantitative estimate of drug-likeness (QED) is 0.444. The van der Waals surface area contributed by atoms with Gasteiger partial charge in [0.15, 0.2) is 0 Å². The predicted octanol–water partition coefficient (Wildman–Crippen LogP) is 5.75. The van der Waals surface area contributed by atoms with E-state index in [9.17, 15) is 17.4 Å². The molecule has 1 heterocycles. The van der Waals surface area contributed by atoms with Crippen LogP contribution in [0.1, 0.15) is 30.0 Å². The Balaban J connectivity index is 1.50. The van der Waals surface area contributed by atoms with Gasteiger partial charge in [-0.2, -0.15) is 0 Å². The molecule has 0 bridgehead atoms. The second-order valence-corrected chi connectivity index (χ2v) is 10.1. The van der Waals surface area contributed by atoms with Gasteiger partial charge in [0, 0.05) is 12.6 Å². The largest absolute Gasteiger partial charge is 0.573 e. The van der Waals surface area contributed by atoms with E-state index in [0.717, 1.165) is 42.6 Å². The number of benzene rings is 3. The number of hydrogen-bond donors (Lipinski definition) is 2. The fourth-order valence-electron chi connectivity index (χ4n) is 4.36. The molecule has 34 heavy (non-hydrogen) atoms. The third-order valence-corrected chi connectivity index (χ3v) is 7.37. The van der Waals surface area contributed by atoms with Crippen molar-refractivity contribution in [2.24, 2.45) is 0 Å². The highest BCUT2D eigenvalue weighted by molar-refractivity contribution is 7.90. The molecular weight excluding hydrogens is 463 g/mol.